The highest BCUT2D eigenvalue weighted by molar-refractivity contribution is 7.14. The molecule has 4 rings (SSSR count). The summed E-state index contributed by atoms with van der Waals surface area (Å²) >= 11 is 1.31. The molecule has 0 spiro atoms. The van der Waals surface area contributed by atoms with Gasteiger partial charge in [-0.3, -0.25) is 10.1 Å². The monoisotopic (exact) mass is 511 g/mol. The molecule has 37 heavy (non-hydrogen) atoms. The molecule has 7 nitrogen and oxygen atoms in total. The number of thiazole rings is 1. The molecule has 4 aromatic rings. The fraction of sp³-hybridized carbons (Fsp3) is 0.138. The number of amides is 1. The molecular weight excluding hydrogens is 486 g/mol. The summed E-state index contributed by atoms with van der Waals surface area (Å²) in [5, 5.41) is 14.5. The van der Waals surface area contributed by atoms with E-state index in [2.05, 4.69) is 10.3 Å². The zero-order chi connectivity index (χ0) is 25.9. The lowest BCUT2D eigenvalue weighted by atomic mass is 10.1. The lowest BCUT2D eigenvalue weighted by molar-refractivity contribution is -0.112. The van der Waals surface area contributed by atoms with Crippen LogP contribution in [0.15, 0.2) is 89.8 Å². The Morgan fingerprint density at radius 3 is 2.43 bits per heavy atom. The van der Waals surface area contributed by atoms with Crippen LogP contribution >= 0.6 is 11.3 Å². The number of nitriles is 1. The molecule has 0 aliphatic carbocycles. The zero-order valence-electron chi connectivity index (χ0n) is 20.2. The van der Waals surface area contributed by atoms with Crippen molar-refractivity contribution >= 4 is 28.5 Å². The van der Waals surface area contributed by atoms with Gasteiger partial charge < -0.3 is 14.2 Å². The molecule has 0 saturated carbocycles. The largest absolute Gasteiger partial charge is 0.497 e. The Morgan fingerprint density at radius 2 is 1.70 bits per heavy atom. The second kappa shape index (κ2) is 12.9. The van der Waals surface area contributed by atoms with Gasteiger partial charge in [-0.25, -0.2) is 4.98 Å². The molecule has 1 heterocycles. The molecule has 0 bridgehead atoms. The Bertz CT molecular complexity index is 1390. The minimum Gasteiger partial charge on any atom is -0.497 e. The van der Waals surface area contributed by atoms with Crippen LogP contribution in [-0.2, 0) is 4.79 Å². The molecule has 1 N–H and O–H groups in total. The van der Waals surface area contributed by atoms with Gasteiger partial charge in [-0.1, -0.05) is 48.5 Å². The Hall–Kier alpha value is -4.61. The van der Waals surface area contributed by atoms with Gasteiger partial charge in [0.1, 0.15) is 28.9 Å². The molecular formula is C29H25N3O4S. The van der Waals surface area contributed by atoms with E-state index in [1.807, 2.05) is 66.0 Å². The number of rotatable bonds is 11. The molecule has 8 heteroatoms. The summed E-state index contributed by atoms with van der Waals surface area (Å²) in [6, 6.07) is 26.3. The molecule has 0 aliphatic heterocycles. The highest BCUT2D eigenvalue weighted by Gasteiger charge is 2.12. The highest BCUT2D eigenvalue weighted by Crippen LogP contribution is 2.25. The van der Waals surface area contributed by atoms with Crippen molar-refractivity contribution in [2.24, 2.45) is 0 Å². The summed E-state index contributed by atoms with van der Waals surface area (Å²) in [4.78, 5) is 17.1. The Morgan fingerprint density at radius 1 is 0.973 bits per heavy atom. The lowest BCUT2D eigenvalue weighted by Gasteiger charge is -2.09. The van der Waals surface area contributed by atoms with Crippen LogP contribution in [0.2, 0.25) is 0 Å². The molecule has 0 saturated heterocycles. The smallest absolute Gasteiger partial charge is 0.268 e. The molecule has 0 radical (unpaired) electrons. The number of anilines is 1. The van der Waals surface area contributed by atoms with E-state index in [0.717, 1.165) is 22.8 Å². The number of hydrogen-bond donors (Lipinski definition) is 1. The maximum Gasteiger partial charge on any atom is 0.268 e. The third kappa shape index (κ3) is 7.43. The first-order valence-electron chi connectivity index (χ1n) is 11.6. The topological polar surface area (TPSA) is 93.5 Å². The molecule has 1 amide bonds. The third-order valence-corrected chi connectivity index (χ3v) is 5.98. The number of carbonyl (C=O) groups is 1. The van der Waals surface area contributed by atoms with Crippen LogP contribution in [0, 0.1) is 11.3 Å². The van der Waals surface area contributed by atoms with Crippen LogP contribution in [-0.4, -0.2) is 31.2 Å². The van der Waals surface area contributed by atoms with Crippen LogP contribution in [0.1, 0.15) is 12.0 Å². The van der Waals surface area contributed by atoms with E-state index < -0.39 is 5.91 Å². The molecule has 1 aromatic heterocycles. The highest BCUT2D eigenvalue weighted by atomic mass is 32.1. The first-order chi connectivity index (χ1) is 18.1. The van der Waals surface area contributed by atoms with Crippen LogP contribution < -0.4 is 19.5 Å². The first kappa shape index (κ1) is 25.5. The standard InChI is InChI=1S/C29H25N3O4S/c1-34-25-9-5-10-26(18-25)36-16-6-15-35-24-13-11-21(12-14-24)17-23(19-30)28(33)32-29-31-27(20-37-29)22-7-3-2-4-8-22/h2-5,7-14,17-18,20H,6,15-16H2,1H3,(H,31,32,33)/b23-17-. The number of aromatic nitrogens is 1. The zero-order valence-corrected chi connectivity index (χ0v) is 21.0. The van der Waals surface area contributed by atoms with Crippen LogP contribution in [0.25, 0.3) is 17.3 Å². The van der Waals surface area contributed by atoms with Gasteiger partial charge in [-0.05, 0) is 35.9 Å². The van der Waals surface area contributed by atoms with E-state index in [-0.39, 0.29) is 5.57 Å². The van der Waals surface area contributed by atoms with Crippen molar-refractivity contribution in [1.82, 2.24) is 4.98 Å². The Balaban J connectivity index is 1.26. The van der Waals surface area contributed by atoms with E-state index in [0.29, 0.717) is 36.1 Å². The molecule has 186 valence electrons. The van der Waals surface area contributed by atoms with Crippen molar-refractivity contribution in [3.05, 3.63) is 95.4 Å². The second-order valence-corrected chi connectivity index (χ2v) is 8.68. The van der Waals surface area contributed by atoms with Gasteiger partial charge in [0.25, 0.3) is 5.91 Å². The number of benzene rings is 3. The molecule has 0 fully saturated rings. The van der Waals surface area contributed by atoms with Crippen molar-refractivity contribution < 1.29 is 19.0 Å². The third-order valence-electron chi connectivity index (χ3n) is 5.22. The van der Waals surface area contributed by atoms with Crippen LogP contribution in [0.5, 0.6) is 17.2 Å². The predicted molar refractivity (Wildman–Crippen MR) is 145 cm³/mol. The predicted octanol–water partition coefficient (Wildman–Crippen LogP) is 6.21. The summed E-state index contributed by atoms with van der Waals surface area (Å²) in [6.45, 7) is 1.00. The second-order valence-electron chi connectivity index (χ2n) is 7.83. The molecule has 3 aromatic carbocycles. The fourth-order valence-corrected chi connectivity index (χ4v) is 4.06. The summed E-state index contributed by atoms with van der Waals surface area (Å²) < 4.78 is 16.7. The van der Waals surface area contributed by atoms with Gasteiger partial charge in [-0.2, -0.15) is 5.26 Å². The van der Waals surface area contributed by atoms with E-state index in [1.54, 1.807) is 31.4 Å². The van der Waals surface area contributed by atoms with Gasteiger partial charge >= 0.3 is 0 Å². The maximum absolute atomic E-state index is 12.6. The Kier molecular flexibility index (Phi) is 8.89. The molecule has 0 aliphatic rings. The number of nitrogens with zero attached hydrogens (tertiary/aromatic N) is 2. The van der Waals surface area contributed by atoms with E-state index in [1.165, 1.54) is 17.4 Å². The lowest BCUT2D eigenvalue weighted by Crippen LogP contribution is -2.13. The van der Waals surface area contributed by atoms with Crippen LogP contribution in [0.3, 0.4) is 0 Å². The summed E-state index contributed by atoms with van der Waals surface area (Å²) in [7, 11) is 1.62. The summed E-state index contributed by atoms with van der Waals surface area (Å²) in [5.41, 5.74) is 2.43. The normalized spacial score (nSPS) is 10.9. The SMILES string of the molecule is COc1cccc(OCCCOc2ccc(/C=C(/C#N)C(=O)Nc3nc(-c4ccccc4)cs3)cc2)c1. The van der Waals surface area contributed by atoms with Crippen molar-refractivity contribution in [3.63, 3.8) is 0 Å². The minimum atomic E-state index is -0.507. The average Bonchev–Trinajstić information content (AvgIpc) is 3.41. The number of methoxy groups -OCH3 is 1. The van der Waals surface area contributed by atoms with Crippen LogP contribution in [0.4, 0.5) is 5.13 Å². The maximum atomic E-state index is 12.6. The first-order valence-corrected chi connectivity index (χ1v) is 12.5. The number of nitrogens with one attached hydrogen (secondary N) is 1. The molecule has 0 unspecified atom stereocenters. The average molecular weight is 512 g/mol. The number of hydrogen-bond acceptors (Lipinski definition) is 7. The summed E-state index contributed by atoms with van der Waals surface area (Å²) in [6.07, 6.45) is 2.24. The van der Waals surface area contributed by atoms with Crippen molar-refractivity contribution in [2.45, 2.75) is 6.42 Å². The number of ether oxygens (including phenoxy) is 3. The fourth-order valence-electron chi connectivity index (χ4n) is 3.34. The quantitative estimate of drug-likeness (QED) is 0.146. The van der Waals surface area contributed by atoms with Gasteiger partial charge in [-0.15, -0.1) is 11.3 Å². The van der Waals surface area contributed by atoms with Crippen molar-refractivity contribution in [1.29, 1.82) is 5.26 Å². The van der Waals surface area contributed by atoms with Gasteiger partial charge in [0, 0.05) is 23.4 Å². The van der Waals surface area contributed by atoms with Gasteiger partial charge in [0.15, 0.2) is 5.13 Å². The molecule has 0 atom stereocenters. The summed E-state index contributed by atoms with van der Waals surface area (Å²) in [5.74, 6) is 1.69. The van der Waals surface area contributed by atoms with Crippen molar-refractivity contribution in [3.8, 4) is 34.6 Å². The van der Waals surface area contributed by atoms with Gasteiger partial charge in [0.05, 0.1) is 26.0 Å². The van der Waals surface area contributed by atoms with Gasteiger partial charge in [0.2, 0.25) is 0 Å². The Labute approximate surface area is 219 Å². The van der Waals surface area contributed by atoms with E-state index in [9.17, 15) is 10.1 Å². The minimum absolute atomic E-state index is 0.0141. The van der Waals surface area contributed by atoms with E-state index >= 15 is 0 Å². The number of carbonyl (C=O) groups excluding carboxylic acids is 1. The van der Waals surface area contributed by atoms with E-state index in [4.69, 9.17) is 14.2 Å². The van der Waals surface area contributed by atoms with Crippen molar-refractivity contribution in [2.75, 3.05) is 25.6 Å².